The van der Waals surface area contributed by atoms with Crippen molar-refractivity contribution in [3.63, 3.8) is 0 Å². The molecule has 0 aliphatic heterocycles. The van der Waals surface area contributed by atoms with Gasteiger partial charge in [-0.3, -0.25) is 0 Å². The predicted octanol–water partition coefficient (Wildman–Crippen LogP) is 1.05. The number of hydrogen-bond acceptors (Lipinski definition) is 1. The van der Waals surface area contributed by atoms with Gasteiger partial charge in [-0.05, 0) is 47.5 Å². The molecule has 5 aliphatic rings. The van der Waals surface area contributed by atoms with E-state index in [-0.39, 0.29) is 0 Å². The minimum Gasteiger partial charge on any atom is -0.392 e. The summed E-state index contributed by atoms with van der Waals surface area (Å²) in [5.74, 6) is 5.96. The molecule has 0 radical (unpaired) electrons. The number of rotatable bonds is 1. The molecule has 1 N–H and O–H groups in total. The lowest BCUT2D eigenvalue weighted by Crippen LogP contribution is -2.07. The molecule has 1 heteroatoms. The molecular formula is C10H12O. The first-order valence-electron chi connectivity index (χ1n) is 4.73. The van der Waals surface area contributed by atoms with Crippen molar-refractivity contribution >= 4 is 0 Å². The molecular weight excluding hydrogens is 136 g/mol. The van der Waals surface area contributed by atoms with E-state index in [0.29, 0.717) is 6.61 Å². The van der Waals surface area contributed by atoms with Crippen molar-refractivity contribution in [2.75, 3.05) is 6.61 Å². The van der Waals surface area contributed by atoms with Gasteiger partial charge in [0, 0.05) is 0 Å². The number of aliphatic hydroxyl groups excluding tert-OH is 1. The van der Waals surface area contributed by atoms with Gasteiger partial charge in [-0.2, -0.15) is 0 Å². The number of allylic oxidation sites excluding steroid dienone is 1. The van der Waals surface area contributed by atoms with Crippen molar-refractivity contribution < 1.29 is 5.11 Å². The van der Waals surface area contributed by atoms with Crippen molar-refractivity contribution in [3.05, 3.63) is 11.6 Å². The second-order valence-electron chi connectivity index (χ2n) is 4.72. The first kappa shape index (κ1) is 5.36. The summed E-state index contributed by atoms with van der Waals surface area (Å²) in [7, 11) is 0. The fourth-order valence-electron chi connectivity index (χ4n) is 4.49. The third kappa shape index (κ3) is 0.365. The third-order valence-corrected chi connectivity index (χ3v) is 4.67. The zero-order valence-corrected chi connectivity index (χ0v) is 6.40. The molecule has 0 heterocycles. The zero-order valence-electron chi connectivity index (χ0n) is 6.40. The van der Waals surface area contributed by atoms with Gasteiger partial charge in [-0.15, -0.1) is 0 Å². The Labute approximate surface area is 66.1 Å². The van der Waals surface area contributed by atoms with Crippen LogP contribution < -0.4 is 0 Å². The van der Waals surface area contributed by atoms with E-state index in [9.17, 15) is 0 Å². The van der Waals surface area contributed by atoms with Gasteiger partial charge in [0.2, 0.25) is 0 Å². The van der Waals surface area contributed by atoms with E-state index in [4.69, 9.17) is 5.11 Å². The second kappa shape index (κ2) is 1.31. The van der Waals surface area contributed by atoms with Crippen LogP contribution in [0.5, 0.6) is 0 Å². The van der Waals surface area contributed by atoms with Crippen LogP contribution in [0.1, 0.15) is 6.42 Å². The predicted molar refractivity (Wildman–Crippen MR) is 40.7 cm³/mol. The largest absolute Gasteiger partial charge is 0.392 e. The van der Waals surface area contributed by atoms with E-state index < -0.39 is 0 Å². The van der Waals surface area contributed by atoms with Gasteiger partial charge in [0.1, 0.15) is 0 Å². The molecule has 4 saturated carbocycles. The van der Waals surface area contributed by atoms with Crippen molar-refractivity contribution in [1.82, 2.24) is 0 Å². The van der Waals surface area contributed by atoms with Crippen LogP contribution in [0.3, 0.4) is 0 Å². The molecule has 5 aliphatic carbocycles. The lowest BCUT2D eigenvalue weighted by atomic mass is 9.95. The van der Waals surface area contributed by atoms with Gasteiger partial charge >= 0.3 is 0 Å². The minimum absolute atomic E-state index is 0.341. The third-order valence-electron chi connectivity index (χ3n) is 4.67. The molecule has 6 atom stereocenters. The molecule has 0 amide bonds. The Balaban J connectivity index is 1.88. The minimum atomic E-state index is 0.341. The summed E-state index contributed by atoms with van der Waals surface area (Å²) in [6, 6.07) is 0. The highest BCUT2D eigenvalue weighted by Crippen LogP contribution is 2.80. The van der Waals surface area contributed by atoms with Crippen LogP contribution in [0.15, 0.2) is 11.6 Å². The first-order chi connectivity index (χ1) is 5.42. The molecule has 0 aromatic heterocycles. The normalized spacial score (nSPS) is 67.2. The molecule has 58 valence electrons. The Bertz CT molecular complexity index is 268. The van der Waals surface area contributed by atoms with Gasteiger partial charge in [-0.1, -0.05) is 6.08 Å². The summed E-state index contributed by atoms with van der Waals surface area (Å²) in [4.78, 5) is 0. The highest BCUT2D eigenvalue weighted by Gasteiger charge is 2.75. The van der Waals surface area contributed by atoms with Crippen molar-refractivity contribution in [2.24, 2.45) is 35.5 Å². The van der Waals surface area contributed by atoms with Crippen molar-refractivity contribution in [1.29, 1.82) is 0 Å². The lowest BCUT2D eigenvalue weighted by Gasteiger charge is -2.11. The Kier molecular flexibility index (Phi) is 0.637. The summed E-state index contributed by atoms with van der Waals surface area (Å²) < 4.78 is 0. The van der Waals surface area contributed by atoms with Crippen molar-refractivity contribution in [3.8, 4) is 0 Å². The highest BCUT2D eigenvalue weighted by molar-refractivity contribution is 5.38. The van der Waals surface area contributed by atoms with Gasteiger partial charge in [0.05, 0.1) is 6.61 Å². The Morgan fingerprint density at radius 3 is 2.82 bits per heavy atom. The highest BCUT2D eigenvalue weighted by atomic mass is 16.3. The van der Waals surface area contributed by atoms with Gasteiger partial charge in [0.15, 0.2) is 0 Å². The Morgan fingerprint density at radius 2 is 2.27 bits per heavy atom. The molecule has 1 nitrogen and oxygen atoms in total. The fraction of sp³-hybridized carbons (Fsp3) is 0.800. The average Bonchev–Trinajstić information content (AvgIpc) is 2.41. The topological polar surface area (TPSA) is 20.2 Å². The van der Waals surface area contributed by atoms with Crippen LogP contribution >= 0.6 is 0 Å². The fourth-order valence-corrected chi connectivity index (χ4v) is 4.49. The molecule has 6 bridgehead atoms. The summed E-state index contributed by atoms with van der Waals surface area (Å²) in [5, 5.41) is 9.09. The average molecular weight is 148 g/mol. The number of hydrogen-bond donors (Lipinski definition) is 1. The van der Waals surface area contributed by atoms with Gasteiger partial charge in [0.25, 0.3) is 0 Å². The maximum atomic E-state index is 9.09. The Morgan fingerprint density at radius 1 is 1.36 bits per heavy atom. The van der Waals surface area contributed by atoms with Crippen LogP contribution in [0.25, 0.3) is 0 Å². The molecule has 0 aromatic rings. The quantitative estimate of drug-likeness (QED) is 0.551. The van der Waals surface area contributed by atoms with Crippen LogP contribution in [-0.2, 0) is 0 Å². The maximum Gasteiger partial charge on any atom is 0.0644 e. The van der Waals surface area contributed by atoms with Crippen LogP contribution in [-0.4, -0.2) is 11.7 Å². The van der Waals surface area contributed by atoms with Crippen LogP contribution in [0.2, 0.25) is 0 Å². The monoisotopic (exact) mass is 148 g/mol. The second-order valence-corrected chi connectivity index (χ2v) is 4.72. The van der Waals surface area contributed by atoms with Crippen LogP contribution in [0, 0.1) is 35.5 Å². The van der Waals surface area contributed by atoms with E-state index in [1.54, 1.807) is 0 Å². The molecule has 0 saturated heterocycles. The smallest absolute Gasteiger partial charge is 0.0644 e. The van der Waals surface area contributed by atoms with E-state index >= 15 is 0 Å². The zero-order chi connectivity index (χ0) is 7.16. The van der Waals surface area contributed by atoms with Gasteiger partial charge in [-0.25, -0.2) is 0 Å². The number of aliphatic hydroxyl groups is 1. The SMILES string of the molecule is OCC1=C[C@@H]2[C@@H]3C[C@@H]4[C@H]2[C@@H]4[C@H]13. The van der Waals surface area contributed by atoms with E-state index in [0.717, 1.165) is 35.5 Å². The molecule has 11 heavy (non-hydrogen) atoms. The van der Waals surface area contributed by atoms with Crippen molar-refractivity contribution in [2.45, 2.75) is 6.42 Å². The van der Waals surface area contributed by atoms with Crippen LogP contribution in [0.4, 0.5) is 0 Å². The summed E-state index contributed by atoms with van der Waals surface area (Å²) >= 11 is 0. The molecule has 5 rings (SSSR count). The van der Waals surface area contributed by atoms with Gasteiger partial charge < -0.3 is 5.11 Å². The summed E-state index contributed by atoms with van der Waals surface area (Å²) in [6.45, 7) is 0.341. The van der Waals surface area contributed by atoms with E-state index in [2.05, 4.69) is 6.08 Å². The first-order valence-corrected chi connectivity index (χ1v) is 4.73. The maximum absolute atomic E-state index is 9.09. The molecule has 0 spiro atoms. The molecule has 0 unspecified atom stereocenters. The summed E-state index contributed by atoms with van der Waals surface area (Å²) in [5.41, 5.74) is 1.39. The van der Waals surface area contributed by atoms with E-state index in [1.165, 1.54) is 12.0 Å². The standard InChI is InChI=1S/C10H12O/c11-3-4-1-5-6-2-7-9(5)10(7)8(4)6/h1,5-11H,2-3H2/t5-,6+,7-,8-,9+,10+/m1/s1. The molecule has 4 fully saturated rings. The lowest BCUT2D eigenvalue weighted by molar-refractivity contribution is 0.306. The Hall–Kier alpha value is -0.300. The summed E-state index contributed by atoms with van der Waals surface area (Å²) in [6.07, 6.45) is 3.88. The van der Waals surface area contributed by atoms with E-state index in [1.807, 2.05) is 0 Å². The molecule has 0 aromatic carbocycles.